The summed E-state index contributed by atoms with van der Waals surface area (Å²) < 4.78 is 4.86. The molecule has 142 valence electrons. The lowest BCUT2D eigenvalue weighted by Crippen LogP contribution is -2.32. The van der Waals surface area contributed by atoms with Crippen LogP contribution in [0.15, 0.2) is 36.4 Å². The monoisotopic (exact) mass is 408 g/mol. The Bertz CT molecular complexity index is 884. The number of rotatable bonds is 6. The van der Waals surface area contributed by atoms with Gasteiger partial charge in [0.05, 0.1) is 10.0 Å². The summed E-state index contributed by atoms with van der Waals surface area (Å²) in [6.07, 6.45) is 0. The largest absolute Gasteiger partial charge is 0.454 e. The van der Waals surface area contributed by atoms with Crippen molar-refractivity contribution in [3.8, 4) is 0 Å². The Hall–Kier alpha value is -2.57. The Morgan fingerprint density at radius 2 is 1.74 bits per heavy atom. The van der Waals surface area contributed by atoms with Gasteiger partial charge in [0, 0.05) is 11.3 Å². The van der Waals surface area contributed by atoms with E-state index in [4.69, 9.17) is 27.9 Å². The normalized spacial score (nSPS) is 10.2. The number of aryl methyl sites for hydroxylation is 2. The average molecular weight is 409 g/mol. The van der Waals surface area contributed by atoms with Gasteiger partial charge in [0.1, 0.15) is 6.54 Å². The number of halogens is 2. The highest BCUT2D eigenvalue weighted by Gasteiger charge is 2.12. The number of carbonyl (C=O) groups excluding carboxylic acids is 3. The molecule has 0 unspecified atom stereocenters. The van der Waals surface area contributed by atoms with Crippen molar-refractivity contribution in [2.75, 3.05) is 18.5 Å². The molecule has 8 heteroatoms. The molecule has 0 aliphatic carbocycles. The summed E-state index contributed by atoms with van der Waals surface area (Å²) in [5.41, 5.74) is 2.81. The van der Waals surface area contributed by atoms with E-state index in [0.29, 0.717) is 10.7 Å². The zero-order valence-electron chi connectivity index (χ0n) is 14.8. The van der Waals surface area contributed by atoms with Gasteiger partial charge in [-0.2, -0.15) is 0 Å². The number of hydrogen-bond acceptors (Lipinski definition) is 4. The predicted octanol–water partition coefficient (Wildman–Crippen LogP) is 3.52. The van der Waals surface area contributed by atoms with Gasteiger partial charge >= 0.3 is 5.97 Å². The number of carbonyl (C=O) groups is 3. The number of amides is 2. The third-order valence-corrected chi connectivity index (χ3v) is 4.35. The molecule has 2 rings (SSSR count). The maximum atomic E-state index is 12.0. The number of esters is 1. The minimum absolute atomic E-state index is 0.231. The Morgan fingerprint density at radius 3 is 2.44 bits per heavy atom. The summed E-state index contributed by atoms with van der Waals surface area (Å²) >= 11 is 11.6. The van der Waals surface area contributed by atoms with Crippen molar-refractivity contribution in [1.29, 1.82) is 0 Å². The fraction of sp³-hybridized carbons (Fsp3) is 0.211. The second kappa shape index (κ2) is 9.39. The average Bonchev–Trinajstić information content (AvgIpc) is 2.63. The van der Waals surface area contributed by atoms with Crippen LogP contribution in [0.1, 0.15) is 21.5 Å². The van der Waals surface area contributed by atoms with Crippen LogP contribution in [0, 0.1) is 13.8 Å². The molecular weight excluding hydrogens is 391 g/mol. The first-order valence-electron chi connectivity index (χ1n) is 8.02. The molecule has 27 heavy (non-hydrogen) atoms. The minimum Gasteiger partial charge on any atom is -0.454 e. The van der Waals surface area contributed by atoms with Crippen molar-refractivity contribution in [2.24, 2.45) is 0 Å². The molecule has 2 N–H and O–H groups in total. The van der Waals surface area contributed by atoms with Gasteiger partial charge in [-0.1, -0.05) is 35.3 Å². The van der Waals surface area contributed by atoms with Crippen LogP contribution in [-0.2, 0) is 14.3 Å². The molecule has 0 atom stereocenters. The van der Waals surface area contributed by atoms with Gasteiger partial charge in [-0.05, 0) is 49.2 Å². The molecule has 2 aromatic rings. The molecule has 0 heterocycles. The molecule has 0 fully saturated rings. The van der Waals surface area contributed by atoms with Crippen LogP contribution in [0.4, 0.5) is 5.69 Å². The summed E-state index contributed by atoms with van der Waals surface area (Å²) in [4.78, 5) is 35.6. The van der Waals surface area contributed by atoms with E-state index >= 15 is 0 Å². The van der Waals surface area contributed by atoms with E-state index in [-0.39, 0.29) is 17.1 Å². The van der Waals surface area contributed by atoms with Gasteiger partial charge < -0.3 is 15.4 Å². The van der Waals surface area contributed by atoms with Crippen LogP contribution < -0.4 is 10.6 Å². The molecular formula is C19H18Cl2N2O4. The number of hydrogen-bond donors (Lipinski definition) is 2. The van der Waals surface area contributed by atoms with Gasteiger partial charge in [-0.3, -0.25) is 14.4 Å². The smallest absolute Gasteiger partial charge is 0.325 e. The van der Waals surface area contributed by atoms with Gasteiger partial charge in [-0.15, -0.1) is 0 Å². The molecule has 2 amide bonds. The van der Waals surface area contributed by atoms with Gasteiger partial charge in [-0.25, -0.2) is 0 Å². The summed E-state index contributed by atoms with van der Waals surface area (Å²) in [7, 11) is 0. The van der Waals surface area contributed by atoms with Crippen LogP contribution in [-0.4, -0.2) is 30.9 Å². The van der Waals surface area contributed by atoms with Gasteiger partial charge in [0.25, 0.3) is 11.8 Å². The third-order valence-electron chi connectivity index (χ3n) is 3.61. The number of ether oxygens (including phenoxy) is 1. The molecule has 0 spiro atoms. The molecule has 0 aliphatic heterocycles. The highest BCUT2D eigenvalue weighted by atomic mass is 35.5. The summed E-state index contributed by atoms with van der Waals surface area (Å²) in [6.45, 7) is 2.94. The SMILES string of the molecule is Cc1ccc(C)c(NC(=O)COC(=O)CNC(=O)c2ccc(Cl)c(Cl)c2)c1. The van der Waals surface area contributed by atoms with Crippen molar-refractivity contribution in [3.63, 3.8) is 0 Å². The highest BCUT2D eigenvalue weighted by Crippen LogP contribution is 2.22. The number of anilines is 1. The van der Waals surface area contributed by atoms with Crippen LogP contribution >= 0.6 is 23.2 Å². The topological polar surface area (TPSA) is 84.5 Å². The fourth-order valence-corrected chi connectivity index (χ4v) is 2.44. The van der Waals surface area contributed by atoms with Crippen molar-refractivity contribution < 1.29 is 19.1 Å². The lowest BCUT2D eigenvalue weighted by molar-refractivity contribution is -0.146. The van der Waals surface area contributed by atoms with Crippen molar-refractivity contribution in [1.82, 2.24) is 5.32 Å². The van der Waals surface area contributed by atoms with Crippen LogP contribution in [0.2, 0.25) is 10.0 Å². The molecule has 0 aliphatic rings. The number of nitrogens with one attached hydrogen (secondary N) is 2. The van der Waals surface area contributed by atoms with Crippen LogP contribution in [0.25, 0.3) is 0 Å². The maximum absolute atomic E-state index is 12.0. The third kappa shape index (κ3) is 6.27. The highest BCUT2D eigenvalue weighted by molar-refractivity contribution is 6.42. The second-order valence-corrected chi connectivity index (χ2v) is 6.65. The first kappa shape index (κ1) is 20.7. The molecule has 0 radical (unpaired) electrons. The summed E-state index contributed by atoms with van der Waals surface area (Å²) in [5, 5.41) is 5.62. The zero-order chi connectivity index (χ0) is 20.0. The lowest BCUT2D eigenvalue weighted by Gasteiger charge is -2.10. The minimum atomic E-state index is -0.737. The van der Waals surface area contributed by atoms with E-state index in [0.717, 1.165) is 11.1 Å². The van der Waals surface area contributed by atoms with E-state index in [1.54, 1.807) is 0 Å². The molecule has 0 aromatic heterocycles. The Labute approximate surface area is 166 Å². The molecule has 0 saturated carbocycles. The fourth-order valence-electron chi connectivity index (χ4n) is 2.15. The van der Waals surface area contributed by atoms with Crippen molar-refractivity contribution in [3.05, 3.63) is 63.1 Å². The second-order valence-electron chi connectivity index (χ2n) is 5.84. The summed E-state index contributed by atoms with van der Waals surface area (Å²) in [6, 6.07) is 9.99. The van der Waals surface area contributed by atoms with Crippen molar-refractivity contribution >= 4 is 46.7 Å². The first-order chi connectivity index (χ1) is 12.8. The van der Waals surface area contributed by atoms with E-state index in [2.05, 4.69) is 10.6 Å². The van der Waals surface area contributed by atoms with Crippen molar-refractivity contribution in [2.45, 2.75) is 13.8 Å². The summed E-state index contributed by atoms with van der Waals surface area (Å²) in [5.74, 6) is -1.71. The van der Waals surface area contributed by atoms with E-state index < -0.39 is 24.4 Å². The quantitative estimate of drug-likeness (QED) is 0.716. The molecule has 6 nitrogen and oxygen atoms in total. The molecule has 0 bridgehead atoms. The number of benzene rings is 2. The lowest BCUT2D eigenvalue weighted by atomic mass is 10.1. The molecule has 2 aromatic carbocycles. The van der Waals surface area contributed by atoms with E-state index in [1.807, 2.05) is 32.0 Å². The predicted molar refractivity (Wildman–Crippen MR) is 104 cm³/mol. The standard InChI is InChI=1S/C19H18Cl2N2O4/c1-11-3-4-12(2)16(7-11)23-17(24)10-27-18(25)9-22-19(26)13-5-6-14(20)15(21)8-13/h3-8H,9-10H2,1-2H3,(H,22,26)(H,23,24). The Kier molecular flexibility index (Phi) is 7.21. The Morgan fingerprint density at radius 1 is 1.00 bits per heavy atom. The molecule has 0 saturated heterocycles. The Balaban J connectivity index is 1.78. The van der Waals surface area contributed by atoms with Crippen LogP contribution in [0.3, 0.4) is 0 Å². The van der Waals surface area contributed by atoms with Crippen LogP contribution in [0.5, 0.6) is 0 Å². The van der Waals surface area contributed by atoms with E-state index in [9.17, 15) is 14.4 Å². The first-order valence-corrected chi connectivity index (χ1v) is 8.78. The van der Waals surface area contributed by atoms with Gasteiger partial charge in [0.2, 0.25) is 0 Å². The zero-order valence-corrected chi connectivity index (χ0v) is 16.3. The van der Waals surface area contributed by atoms with E-state index in [1.165, 1.54) is 18.2 Å². The maximum Gasteiger partial charge on any atom is 0.325 e. The van der Waals surface area contributed by atoms with Gasteiger partial charge in [0.15, 0.2) is 6.61 Å².